The minimum absolute atomic E-state index is 0. The first-order valence-corrected chi connectivity index (χ1v) is 21.6. The number of pyridine rings is 2. The Morgan fingerprint density at radius 1 is 0.604 bits per heavy atom. The molecule has 0 aliphatic carbocycles. The van der Waals surface area contributed by atoms with Crippen LogP contribution in [0, 0.1) is 12.1 Å². The molecule has 0 aliphatic rings. The van der Waals surface area contributed by atoms with Crippen molar-refractivity contribution in [3.63, 3.8) is 0 Å². The number of fused-ring (bicyclic) bond motifs is 3. The van der Waals surface area contributed by atoms with Gasteiger partial charge < -0.3 is 14.4 Å². The third-order valence-corrected chi connectivity index (χ3v) is 11.8. The molecule has 0 bridgehead atoms. The molecule has 0 fully saturated rings. The predicted octanol–water partition coefficient (Wildman–Crippen LogP) is 12.5. The van der Waals surface area contributed by atoms with Gasteiger partial charge in [0.05, 0.1) is 13.7 Å². The fourth-order valence-corrected chi connectivity index (χ4v) is 8.44. The fraction of sp³-hybridized carbons (Fsp3) is 0.167. The van der Waals surface area contributed by atoms with Gasteiger partial charge in [-0.05, 0) is 51.3 Å². The molecule has 8 rings (SSSR count). The van der Waals surface area contributed by atoms with Crippen molar-refractivity contribution in [2.45, 2.75) is 52.2 Å². The van der Waals surface area contributed by atoms with Crippen molar-refractivity contribution >= 4 is 35.2 Å². The first-order valence-electron chi connectivity index (χ1n) is 18.1. The summed E-state index contributed by atoms with van der Waals surface area (Å²) in [6, 6.07) is 52.7. The minimum Gasteiger partial charge on any atom is -0.500 e. The van der Waals surface area contributed by atoms with Crippen LogP contribution < -0.4 is 5.19 Å². The number of rotatable bonds is 7. The van der Waals surface area contributed by atoms with E-state index in [9.17, 15) is 0 Å². The Kier molecular flexibility index (Phi) is 11.7. The molecule has 8 aromatic rings. The SMILES string of the molecule is CC(C)c1cc(-c2[c-]ccc(-c3ccccc3)c2)ncc1[Si](C)(C)C.CC(c1ccccc1)c1ccnc(-c2[c-]cc3oc4ccccc4c3c2)c1.[Ir]. The van der Waals surface area contributed by atoms with Crippen LogP contribution in [0.15, 0.2) is 150 Å². The standard InChI is InChI=1S/C25H18NO.C23H26NSi.Ir/c1-17(18-7-3-2-4-8-18)19-13-14-26-23(16-19)20-11-12-25-22(15-20)21-9-5-6-10-24(21)27-25;1-17(2)21-15-22(24-16-23(21)25(3,4)5)20-13-9-12-19(14-20)18-10-7-6-8-11-18;/h2-10,12-17H,1H3;6-12,14-17H,1-5H3;/q2*-1;. The van der Waals surface area contributed by atoms with Crippen molar-refractivity contribution in [3.05, 3.63) is 175 Å². The van der Waals surface area contributed by atoms with E-state index in [4.69, 9.17) is 9.40 Å². The summed E-state index contributed by atoms with van der Waals surface area (Å²) in [5.41, 5.74) is 12.2. The Morgan fingerprint density at radius 3 is 2.02 bits per heavy atom. The number of hydrogen-bond acceptors (Lipinski definition) is 3. The summed E-state index contributed by atoms with van der Waals surface area (Å²) in [4.78, 5) is 9.39. The molecular formula is C48H44IrN2OSi-2. The van der Waals surface area contributed by atoms with Crippen molar-refractivity contribution in [3.8, 4) is 33.6 Å². The molecule has 5 heteroatoms. The number of para-hydroxylation sites is 1. The molecule has 0 aliphatic heterocycles. The summed E-state index contributed by atoms with van der Waals surface area (Å²) in [7, 11) is -1.40. The van der Waals surface area contributed by atoms with Crippen molar-refractivity contribution in [2.75, 3.05) is 0 Å². The third-order valence-electron chi connectivity index (χ3n) is 9.72. The zero-order valence-corrected chi connectivity index (χ0v) is 34.5. The molecule has 0 amide bonds. The largest absolute Gasteiger partial charge is 0.500 e. The van der Waals surface area contributed by atoms with E-state index in [1.807, 2.05) is 48.7 Å². The summed E-state index contributed by atoms with van der Waals surface area (Å²) in [5.74, 6) is 0.812. The second-order valence-electron chi connectivity index (χ2n) is 14.7. The Labute approximate surface area is 328 Å². The normalized spacial score (nSPS) is 11.9. The molecule has 3 heterocycles. The van der Waals surface area contributed by atoms with Crippen molar-refractivity contribution in [2.24, 2.45) is 0 Å². The van der Waals surface area contributed by atoms with E-state index in [1.54, 1.807) is 0 Å². The van der Waals surface area contributed by atoms with Gasteiger partial charge in [0, 0.05) is 43.8 Å². The summed E-state index contributed by atoms with van der Waals surface area (Å²) in [6.07, 6.45) is 4.00. The van der Waals surface area contributed by atoms with Crippen LogP contribution in [0.1, 0.15) is 49.3 Å². The average molecular weight is 885 g/mol. The van der Waals surface area contributed by atoms with Gasteiger partial charge in [0.15, 0.2) is 0 Å². The molecule has 1 atom stereocenters. The van der Waals surface area contributed by atoms with Gasteiger partial charge in [0.25, 0.3) is 0 Å². The van der Waals surface area contributed by atoms with Gasteiger partial charge in [0.2, 0.25) is 0 Å². The van der Waals surface area contributed by atoms with Gasteiger partial charge in [-0.15, -0.1) is 59.2 Å². The Balaban J connectivity index is 0.000000179. The van der Waals surface area contributed by atoms with E-state index < -0.39 is 8.07 Å². The van der Waals surface area contributed by atoms with Crippen molar-refractivity contribution in [1.82, 2.24) is 9.97 Å². The number of nitrogens with zero attached hydrogens (tertiary/aromatic N) is 2. The summed E-state index contributed by atoms with van der Waals surface area (Å²) >= 11 is 0. The van der Waals surface area contributed by atoms with E-state index in [0.29, 0.717) is 11.8 Å². The maximum atomic E-state index is 5.91. The number of aromatic nitrogens is 2. The third kappa shape index (κ3) is 8.50. The summed E-state index contributed by atoms with van der Waals surface area (Å²) in [6.45, 7) is 13.9. The molecular weight excluding hydrogens is 841 g/mol. The van der Waals surface area contributed by atoms with Gasteiger partial charge in [-0.3, -0.25) is 0 Å². The van der Waals surface area contributed by atoms with E-state index in [1.165, 1.54) is 33.0 Å². The van der Waals surface area contributed by atoms with Gasteiger partial charge in [0.1, 0.15) is 5.58 Å². The van der Waals surface area contributed by atoms with E-state index in [0.717, 1.165) is 44.5 Å². The zero-order chi connectivity index (χ0) is 36.2. The smallest absolute Gasteiger partial charge is 0.120 e. The molecule has 0 N–H and O–H groups in total. The van der Waals surface area contributed by atoms with E-state index in [2.05, 4.69) is 155 Å². The second-order valence-corrected chi connectivity index (χ2v) is 19.8. The molecule has 0 saturated heterocycles. The Morgan fingerprint density at radius 2 is 1.28 bits per heavy atom. The maximum absolute atomic E-state index is 5.91. The molecule has 0 spiro atoms. The first kappa shape index (κ1) is 37.8. The second kappa shape index (κ2) is 16.4. The van der Waals surface area contributed by atoms with Gasteiger partial charge in [-0.25, -0.2) is 0 Å². The molecule has 1 unspecified atom stereocenters. The van der Waals surface area contributed by atoms with Crippen LogP contribution >= 0.6 is 0 Å². The maximum Gasteiger partial charge on any atom is 0.120 e. The zero-order valence-electron chi connectivity index (χ0n) is 31.1. The molecule has 3 aromatic heterocycles. The van der Waals surface area contributed by atoms with Gasteiger partial charge >= 0.3 is 0 Å². The van der Waals surface area contributed by atoms with Gasteiger partial charge in [-0.2, -0.15) is 0 Å². The Hall–Kier alpha value is -4.93. The molecule has 3 nitrogen and oxygen atoms in total. The van der Waals surface area contributed by atoms with Crippen LogP contribution in [0.5, 0.6) is 0 Å². The molecule has 1 radical (unpaired) electrons. The molecule has 5 aromatic carbocycles. The van der Waals surface area contributed by atoms with Crippen LogP contribution in [0.2, 0.25) is 19.6 Å². The van der Waals surface area contributed by atoms with Crippen molar-refractivity contribution < 1.29 is 24.5 Å². The fourth-order valence-electron chi connectivity index (χ4n) is 6.76. The molecule has 0 saturated carbocycles. The predicted molar refractivity (Wildman–Crippen MR) is 221 cm³/mol. The van der Waals surface area contributed by atoms with E-state index >= 15 is 0 Å². The van der Waals surface area contributed by atoms with Gasteiger partial charge in [-0.1, -0.05) is 142 Å². The topological polar surface area (TPSA) is 38.9 Å². The van der Waals surface area contributed by atoms with E-state index in [-0.39, 0.29) is 20.1 Å². The molecule has 53 heavy (non-hydrogen) atoms. The molecule has 267 valence electrons. The number of hydrogen-bond donors (Lipinski definition) is 0. The summed E-state index contributed by atoms with van der Waals surface area (Å²) < 4.78 is 5.91. The average Bonchev–Trinajstić information content (AvgIpc) is 3.56. The monoisotopic (exact) mass is 885 g/mol. The van der Waals surface area contributed by atoms with Crippen LogP contribution in [-0.2, 0) is 20.1 Å². The summed E-state index contributed by atoms with van der Waals surface area (Å²) in [5, 5.41) is 3.68. The number of benzene rings is 5. The number of furan rings is 1. The minimum atomic E-state index is -1.40. The quantitative estimate of drug-likeness (QED) is 0.118. The van der Waals surface area contributed by atoms with Crippen LogP contribution in [-0.4, -0.2) is 18.0 Å². The van der Waals surface area contributed by atoms with Crippen LogP contribution in [0.25, 0.3) is 55.6 Å². The van der Waals surface area contributed by atoms with Crippen LogP contribution in [0.4, 0.5) is 0 Å². The Bertz CT molecular complexity index is 2450. The first-order chi connectivity index (χ1) is 25.2. The van der Waals surface area contributed by atoms with Crippen molar-refractivity contribution in [1.29, 1.82) is 0 Å². The van der Waals surface area contributed by atoms with Crippen LogP contribution in [0.3, 0.4) is 0 Å².